The van der Waals surface area contributed by atoms with Crippen LogP contribution in [0.4, 0.5) is 0 Å². The Hall–Kier alpha value is -2.07. The number of hydrogen-bond donors (Lipinski definition) is 0. The summed E-state index contributed by atoms with van der Waals surface area (Å²) in [5, 5.41) is -0.0254. The summed E-state index contributed by atoms with van der Waals surface area (Å²) in [6.07, 6.45) is 2.38. The summed E-state index contributed by atoms with van der Waals surface area (Å²) in [5.41, 5.74) is -0.161. The second kappa shape index (κ2) is 7.38. The first-order valence-corrected chi connectivity index (χ1v) is 5.88. The third-order valence-corrected chi connectivity index (χ3v) is 2.47. The average molecular weight is 280 g/mol. The van der Waals surface area contributed by atoms with Crippen molar-refractivity contribution in [3.8, 4) is 5.75 Å². The van der Waals surface area contributed by atoms with Gasteiger partial charge in [-0.05, 0) is 12.1 Å². The van der Waals surface area contributed by atoms with Gasteiger partial charge >= 0.3 is 0 Å². The molecule has 0 saturated heterocycles. The summed E-state index contributed by atoms with van der Waals surface area (Å²) < 4.78 is 5.58. The van der Waals surface area contributed by atoms with Crippen LogP contribution in [0.2, 0.25) is 0 Å². The topological polar surface area (TPSA) is 46.6 Å². The zero-order chi connectivity index (χ0) is 14.3. The van der Waals surface area contributed by atoms with Gasteiger partial charge in [-0.2, -0.15) is 0 Å². The van der Waals surface area contributed by atoms with Gasteiger partial charge in [0.25, 0.3) is 0 Å². The molecule has 0 N–H and O–H groups in total. The van der Waals surface area contributed by atoms with Crippen molar-refractivity contribution in [1.29, 1.82) is 0 Å². The van der Waals surface area contributed by atoms with Crippen molar-refractivity contribution in [2.24, 2.45) is 0 Å². The third-order valence-electron chi connectivity index (χ3n) is 2.07. The largest absolute Gasteiger partial charge is 0.454 e. The smallest absolute Gasteiger partial charge is 0.162 e. The lowest BCUT2D eigenvalue weighted by Gasteiger charge is -2.13. The summed E-state index contributed by atoms with van der Waals surface area (Å²) in [6.45, 7) is 0. The Kier molecular flexibility index (Phi) is 5.82. The maximum Gasteiger partial charge on any atom is 0.162 e. The lowest BCUT2D eigenvalue weighted by atomic mass is 10.2. The molecule has 1 aromatic rings. The van der Waals surface area contributed by atoms with Crippen molar-refractivity contribution in [1.82, 2.24) is 4.90 Å². The Morgan fingerprint density at radius 1 is 1.16 bits per heavy atom. The number of benzene rings is 1. The number of ether oxygens (including phenoxy) is 1. The van der Waals surface area contributed by atoms with Crippen molar-refractivity contribution in [2.45, 2.75) is 0 Å². The summed E-state index contributed by atoms with van der Waals surface area (Å²) >= 11 is 6.00. The molecular formula is C14H14ClNO3. The Morgan fingerprint density at radius 2 is 1.74 bits per heavy atom. The summed E-state index contributed by atoms with van der Waals surface area (Å²) in [4.78, 5) is 23.2. The van der Waals surface area contributed by atoms with E-state index in [0.717, 1.165) is 0 Å². The Labute approximate surface area is 116 Å². The number of para-hydroxylation sites is 1. The lowest BCUT2D eigenvalue weighted by Crippen LogP contribution is -2.08. The molecule has 0 aliphatic heterocycles. The Morgan fingerprint density at radius 3 is 2.21 bits per heavy atom. The molecule has 1 rings (SSSR count). The first-order valence-electron chi connectivity index (χ1n) is 5.50. The van der Waals surface area contributed by atoms with E-state index in [1.54, 1.807) is 49.5 Å². The van der Waals surface area contributed by atoms with Gasteiger partial charge in [0, 0.05) is 20.3 Å². The molecular weight excluding hydrogens is 266 g/mol. The summed E-state index contributed by atoms with van der Waals surface area (Å²) in [6, 6.07) is 8.95. The quantitative estimate of drug-likeness (QED) is 0.200. The average Bonchev–Trinajstić information content (AvgIpc) is 2.40. The molecule has 0 spiro atoms. The zero-order valence-corrected chi connectivity index (χ0v) is 11.4. The summed E-state index contributed by atoms with van der Waals surface area (Å²) in [7, 11) is 3.56. The van der Waals surface area contributed by atoms with Crippen LogP contribution in [0.1, 0.15) is 0 Å². The minimum atomic E-state index is -0.161. The molecule has 0 atom stereocenters. The lowest BCUT2D eigenvalue weighted by molar-refractivity contribution is -0.109. The van der Waals surface area contributed by atoms with Crippen molar-refractivity contribution < 1.29 is 14.3 Å². The number of allylic oxidation sites excluding steroid dienone is 2. The van der Waals surface area contributed by atoms with E-state index in [2.05, 4.69) is 0 Å². The van der Waals surface area contributed by atoms with Crippen LogP contribution in [0.5, 0.6) is 5.75 Å². The molecule has 0 aliphatic carbocycles. The molecule has 0 bridgehead atoms. The Balaban J connectivity index is 3.13. The van der Waals surface area contributed by atoms with Crippen LogP contribution in [0.25, 0.3) is 0 Å². The highest BCUT2D eigenvalue weighted by molar-refractivity contribution is 6.35. The van der Waals surface area contributed by atoms with Crippen LogP contribution >= 0.6 is 11.6 Å². The van der Waals surface area contributed by atoms with Crippen LogP contribution in [-0.4, -0.2) is 31.6 Å². The summed E-state index contributed by atoms with van der Waals surface area (Å²) in [5.74, 6) is 0.789. The minimum absolute atomic E-state index is 0.0254. The number of carbonyl (C=O) groups is 2. The number of halogens is 1. The molecule has 0 unspecified atom stereocenters. The van der Waals surface area contributed by atoms with Gasteiger partial charge in [-0.1, -0.05) is 29.8 Å². The van der Waals surface area contributed by atoms with Crippen LogP contribution in [0.3, 0.4) is 0 Å². The van der Waals surface area contributed by atoms with Gasteiger partial charge in [-0.3, -0.25) is 9.59 Å². The zero-order valence-electron chi connectivity index (χ0n) is 10.7. The highest BCUT2D eigenvalue weighted by Gasteiger charge is 2.12. The molecule has 0 saturated carbocycles. The van der Waals surface area contributed by atoms with Crippen LogP contribution in [0.15, 0.2) is 52.9 Å². The van der Waals surface area contributed by atoms with E-state index in [0.29, 0.717) is 18.3 Å². The van der Waals surface area contributed by atoms with Crippen molar-refractivity contribution in [2.75, 3.05) is 14.1 Å². The van der Waals surface area contributed by atoms with E-state index in [-0.39, 0.29) is 16.4 Å². The Bertz CT molecular complexity index is 497. The van der Waals surface area contributed by atoms with E-state index >= 15 is 0 Å². The molecule has 5 heteroatoms. The highest BCUT2D eigenvalue weighted by Crippen LogP contribution is 2.22. The number of hydrogen-bond acceptors (Lipinski definition) is 4. The molecule has 4 nitrogen and oxygen atoms in total. The fourth-order valence-electron chi connectivity index (χ4n) is 1.25. The molecule has 1 aromatic carbocycles. The van der Waals surface area contributed by atoms with Crippen LogP contribution in [0, 0.1) is 0 Å². The fourth-order valence-corrected chi connectivity index (χ4v) is 1.43. The number of rotatable bonds is 6. The first-order chi connectivity index (χ1) is 9.08. The van der Waals surface area contributed by atoms with Gasteiger partial charge in [0.15, 0.2) is 18.3 Å². The maximum atomic E-state index is 10.8. The monoisotopic (exact) mass is 279 g/mol. The molecule has 0 aliphatic rings. The van der Waals surface area contributed by atoms with Gasteiger partial charge in [0.2, 0.25) is 0 Å². The first kappa shape index (κ1) is 15.0. The molecule has 19 heavy (non-hydrogen) atoms. The van der Waals surface area contributed by atoms with Gasteiger partial charge in [-0.15, -0.1) is 0 Å². The van der Waals surface area contributed by atoms with E-state index in [1.807, 2.05) is 6.07 Å². The van der Waals surface area contributed by atoms with E-state index < -0.39 is 0 Å². The van der Waals surface area contributed by atoms with Crippen molar-refractivity contribution in [3.63, 3.8) is 0 Å². The highest BCUT2D eigenvalue weighted by atomic mass is 35.5. The van der Waals surface area contributed by atoms with Crippen molar-refractivity contribution in [3.05, 3.63) is 52.9 Å². The van der Waals surface area contributed by atoms with Gasteiger partial charge in [0.05, 0.1) is 10.6 Å². The number of nitrogens with zero attached hydrogens (tertiary/aromatic N) is 1. The van der Waals surface area contributed by atoms with Gasteiger partial charge in [-0.25, -0.2) is 0 Å². The SMILES string of the molecule is CN(C)/C=C(/Oc1ccccc1)C(Cl)=C(C=O)C=O. The molecule has 0 fully saturated rings. The van der Waals surface area contributed by atoms with Crippen LogP contribution in [-0.2, 0) is 9.59 Å². The number of aldehydes is 2. The fraction of sp³-hybridized carbons (Fsp3) is 0.143. The van der Waals surface area contributed by atoms with Crippen molar-refractivity contribution >= 4 is 24.2 Å². The van der Waals surface area contributed by atoms with E-state index in [4.69, 9.17) is 16.3 Å². The molecule has 0 aromatic heterocycles. The van der Waals surface area contributed by atoms with Crippen LogP contribution < -0.4 is 4.74 Å². The second-order valence-electron chi connectivity index (χ2n) is 3.88. The predicted octanol–water partition coefficient (Wildman–Crippen LogP) is 2.36. The predicted molar refractivity (Wildman–Crippen MR) is 73.8 cm³/mol. The molecule has 0 amide bonds. The van der Waals surface area contributed by atoms with Gasteiger partial charge < -0.3 is 9.64 Å². The second-order valence-corrected chi connectivity index (χ2v) is 4.26. The molecule has 100 valence electrons. The standard InChI is InChI=1S/C14H14ClNO3/c1-16(2)8-13(14(15)11(9-17)10-18)19-12-6-4-3-5-7-12/h3-10H,1-2H3/b13-8+. The molecule has 0 radical (unpaired) electrons. The van der Waals surface area contributed by atoms with Gasteiger partial charge in [0.1, 0.15) is 5.75 Å². The molecule has 0 heterocycles. The normalized spacial score (nSPS) is 10.6. The minimum Gasteiger partial charge on any atom is -0.454 e. The van der Waals surface area contributed by atoms with E-state index in [1.165, 1.54) is 0 Å². The maximum absolute atomic E-state index is 10.8. The number of carbonyl (C=O) groups excluding carboxylic acids is 2. The van der Waals surface area contributed by atoms with E-state index in [9.17, 15) is 9.59 Å². The third kappa shape index (κ3) is 4.60.